The van der Waals surface area contributed by atoms with E-state index in [1.54, 1.807) is 6.26 Å². The number of hydrogen-bond donors (Lipinski definition) is 1. The summed E-state index contributed by atoms with van der Waals surface area (Å²) in [6.07, 6.45) is 5.78. The summed E-state index contributed by atoms with van der Waals surface area (Å²) in [5, 5.41) is 7.38. The van der Waals surface area contributed by atoms with Crippen molar-refractivity contribution in [2.45, 2.75) is 46.0 Å². The van der Waals surface area contributed by atoms with Crippen LogP contribution in [0.2, 0.25) is 5.02 Å². The number of anilines is 1. The van der Waals surface area contributed by atoms with E-state index in [2.05, 4.69) is 17.4 Å². The number of benzene rings is 1. The molecular weight excluding hydrogens is 300 g/mol. The number of aromatic nitrogens is 1. The number of carbonyl (C=O) groups excluding carboxylic acids is 1. The lowest BCUT2D eigenvalue weighted by Gasteiger charge is -2.07. The van der Waals surface area contributed by atoms with E-state index in [0.29, 0.717) is 23.6 Å². The Morgan fingerprint density at radius 1 is 1.36 bits per heavy atom. The van der Waals surface area contributed by atoms with Gasteiger partial charge in [-0.2, -0.15) is 0 Å². The first-order chi connectivity index (χ1) is 10.6. The van der Waals surface area contributed by atoms with Gasteiger partial charge in [0.15, 0.2) is 0 Å². The maximum absolute atomic E-state index is 12.0. The van der Waals surface area contributed by atoms with Crippen LogP contribution in [0.15, 0.2) is 29.0 Å². The molecule has 1 N–H and O–H groups in total. The molecule has 1 heterocycles. The molecule has 0 radical (unpaired) electrons. The Morgan fingerprint density at radius 2 is 2.18 bits per heavy atom. The largest absolute Gasteiger partial charge is 0.364 e. The van der Waals surface area contributed by atoms with E-state index in [1.807, 2.05) is 25.1 Å². The Balaban J connectivity index is 1.89. The van der Waals surface area contributed by atoms with Crippen LogP contribution in [-0.4, -0.2) is 11.1 Å². The molecule has 0 aliphatic carbocycles. The molecule has 4 nitrogen and oxygen atoms in total. The van der Waals surface area contributed by atoms with Gasteiger partial charge in [0, 0.05) is 18.4 Å². The second-order valence-corrected chi connectivity index (χ2v) is 5.83. The van der Waals surface area contributed by atoms with Crippen LogP contribution in [0.3, 0.4) is 0 Å². The Kier molecular flexibility index (Phi) is 6.01. The molecule has 1 amide bonds. The van der Waals surface area contributed by atoms with E-state index in [1.165, 1.54) is 0 Å². The zero-order valence-corrected chi connectivity index (χ0v) is 13.7. The molecule has 0 aliphatic rings. The minimum atomic E-state index is -0.0739. The molecule has 5 heteroatoms. The predicted molar refractivity (Wildman–Crippen MR) is 88.3 cm³/mol. The van der Waals surface area contributed by atoms with E-state index in [-0.39, 0.29) is 5.91 Å². The summed E-state index contributed by atoms with van der Waals surface area (Å²) in [5.41, 5.74) is 3.68. The fourth-order valence-electron chi connectivity index (χ4n) is 2.22. The first-order valence-corrected chi connectivity index (χ1v) is 7.96. The molecule has 0 unspecified atom stereocenters. The van der Waals surface area contributed by atoms with Crippen molar-refractivity contribution in [2.75, 3.05) is 5.32 Å². The lowest BCUT2D eigenvalue weighted by Crippen LogP contribution is -2.13. The van der Waals surface area contributed by atoms with Crippen LogP contribution in [0.4, 0.5) is 5.69 Å². The monoisotopic (exact) mass is 320 g/mol. The van der Waals surface area contributed by atoms with Crippen LogP contribution in [-0.2, 0) is 17.6 Å². The zero-order valence-electron chi connectivity index (χ0n) is 13.0. The Bertz CT molecular complexity index is 637. The number of unbranched alkanes of at least 4 members (excludes halogenated alkanes) is 1. The molecule has 0 fully saturated rings. The number of aryl methyl sites for hydroxylation is 3. The maximum Gasteiger partial charge on any atom is 0.224 e. The van der Waals surface area contributed by atoms with Gasteiger partial charge in [-0.1, -0.05) is 36.2 Å². The van der Waals surface area contributed by atoms with Crippen molar-refractivity contribution in [3.05, 3.63) is 46.3 Å². The molecule has 2 aromatic rings. The Morgan fingerprint density at radius 3 is 2.91 bits per heavy atom. The van der Waals surface area contributed by atoms with Crippen LogP contribution in [0.25, 0.3) is 0 Å². The normalized spacial score (nSPS) is 10.7. The molecule has 0 atom stereocenters. The number of hydrogen-bond acceptors (Lipinski definition) is 3. The van der Waals surface area contributed by atoms with Gasteiger partial charge in [0.2, 0.25) is 5.91 Å². The van der Waals surface area contributed by atoms with Crippen molar-refractivity contribution in [1.29, 1.82) is 0 Å². The van der Waals surface area contributed by atoms with E-state index in [9.17, 15) is 4.79 Å². The summed E-state index contributed by atoms with van der Waals surface area (Å²) in [6, 6.07) is 5.57. The van der Waals surface area contributed by atoms with Gasteiger partial charge < -0.3 is 9.84 Å². The van der Waals surface area contributed by atoms with Crippen molar-refractivity contribution < 1.29 is 9.32 Å². The third-order valence-corrected chi connectivity index (χ3v) is 3.83. The Hall–Kier alpha value is -1.81. The van der Waals surface area contributed by atoms with Gasteiger partial charge in [-0.05, 0) is 37.5 Å². The smallest absolute Gasteiger partial charge is 0.224 e. The third kappa shape index (κ3) is 4.60. The number of carbonyl (C=O) groups is 1. The highest BCUT2D eigenvalue weighted by Gasteiger charge is 2.11. The van der Waals surface area contributed by atoms with Crippen LogP contribution >= 0.6 is 11.6 Å². The van der Waals surface area contributed by atoms with Crippen LogP contribution in [0.5, 0.6) is 0 Å². The minimum absolute atomic E-state index is 0.0739. The second-order valence-electron chi connectivity index (χ2n) is 5.42. The molecule has 118 valence electrons. The molecule has 2 rings (SSSR count). The predicted octanol–water partition coefficient (Wildman–Crippen LogP) is 4.55. The molecular formula is C17H21ClN2O2. The van der Waals surface area contributed by atoms with Gasteiger partial charge in [-0.25, -0.2) is 0 Å². The fourth-order valence-corrected chi connectivity index (χ4v) is 2.51. The summed E-state index contributed by atoms with van der Waals surface area (Å²) in [7, 11) is 0. The van der Waals surface area contributed by atoms with Crippen molar-refractivity contribution in [3.8, 4) is 0 Å². The molecule has 1 aromatic heterocycles. The van der Waals surface area contributed by atoms with Crippen LogP contribution in [0, 0.1) is 6.92 Å². The molecule has 0 saturated carbocycles. The molecule has 0 spiro atoms. The van der Waals surface area contributed by atoms with Gasteiger partial charge >= 0.3 is 0 Å². The quantitative estimate of drug-likeness (QED) is 0.814. The molecule has 0 aliphatic heterocycles. The van der Waals surface area contributed by atoms with Gasteiger partial charge in [-0.15, -0.1) is 0 Å². The maximum atomic E-state index is 12.0. The highest BCUT2D eigenvalue weighted by molar-refractivity contribution is 6.33. The van der Waals surface area contributed by atoms with Crippen LogP contribution in [0.1, 0.15) is 43.0 Å². The summed E-state index contributed by atoms with van der Waals surface area (Å²) >= 11 is 6.11. The molecule has 0 bridgehead atoms. The van der Waals surface area contributed by atoms with E-state index >= 15 is 0 Å². The van der Waals surface area contributed by atoms with Gasteiger partial charge in [0.1, 0.15) is 6.26 Å². The lowest BCUT2D eigenvalue weighted by atomic mass is 10.1. The van der Waals surface area contributed by atoms with Crippen LogP contribution < -0.4 is 5.32 Å². The van der Waals surface area contributed by atoms with Gasteiger partial charge in [0.05, 0.1) is 16.4 Å². The SMILES string of the molecule is CCCCc1conc1CCC(=O)Nc1ccc(C)cc1Cl. The topological polar surface area (TPSA) is 55.1 Å². The number of nitrogens with one attached hydrogen (secondary N) is 1. The number of halogens is 1. The summed E-state index contributed by atoms with van der Waals surface area (Å²) in [4.78, 5) is 12.0. The average molecular weight is 321 g/mol. The highest BCUT2D eigenvalue weighted by Crippen LogP contribution is 2.23. The van der Waals surface area contributed by atoms with Gasteiger partial charge in [0.25, 0.3) is 0 Å². The summed E-state index contributed by atoms with van der Waals surface area (Å²) in [6.45, 7) is 4.10. The minimum Gasteiger partial charge on any atom is -0.364 e. The lowest BCUT2D eigenvalue weighted by molar-refractivity contribution is -0.116. The first-order valence-electron chi connectivity index (χ1n) is 7.58. The molecule has 1 aromatic carbocycles. The Labute approximate surface area is 135 Å². The third-order valence-electron chi connectivity index (χ3n) is 3.52. The second kappa shape index (κ2) is 7.99. The van der Waals surface area contributed by atoms with Gasteiger partial charge in [-0.3, -0.25) is 4.79 Å². The van der Waals surface area contributed by atoms with Crippen molar-refractivity contribution in [2.24, 2.45) is 0 Å². The number of nitrogens with zero attached hydrogens (tertiary/aromatic N) is 1. The van der Waals surface area contributed by atoms with Crippen molar-refractivity contribution in [3.63, 3.8) is 0 Å². The summed E-state index contributed by atoms with van der Waals surface area (Å²) < 4.78 is 5.02. The van der Waals surface area contributed by atoms with Crippen molar-refractivity contribution >= 4 is 23.2 Å². The standard InChI is InChI=1S/C17H21ClN2O2/c1-3-4-5-13-11-22-20-15(13)8-9-17(21)19-16-7-6-12(2)10-14(16)18/h6-7,10-11H,3-5,8-9H2,1-2H3,(H,19,21). The summed E-state index contributed by atoms with van der Waals surface area (Å²) in [5.74, 6) is -0.0739. The molecule has 22 heavy (non-hydrogen) atoms. The first kappa shape index (κ1) is 16.6. The molecule has 0 saturated heterocycles. The van der Waals surface area contributed by atoms with E-state index in [0.717, 1.165) is 36.1 Å². The fraction of sp³-hybridized carbons (Fsp3) is 0.412. The van der Waals surface area contributed by atoms with E-state index in [4.69, 9.17) is 16.1 Å². The average Bonchev–Trinajstić information content (AvgIpc) is 2.93. The number of amides is 1. The van der Waals surface area contributed by atoms with E-state index < -0.39 is 0 Å². The zero-order chi connectivity index (χ0) is 15.9. The number of rotatable bonds is 7. The van der Waals surface area contributed by atoms with Crippen molar-refractivity contribution in [1.82, 2.24) is 5.16 Å². The highest BCUT2D eigenvalue weighted by atomic mass is 35.5.